The summed E-state index contributed by atoms with van der Waals surface area (Å²) in [6.45, 7) is 0. The monoisotopic (exact) mass is 383 g/mol. The average molecular weight is 383 g/mol. The second kappa shape index (κ2) is 7.19. The maximum absolute atomic E-state index is 13.0. The molecule has 1 aromatic carbocycles. The molecule has 2 atom stereocenters. The van der Waals surface area contributed by atoms with Crippen molar-refractivity contribution in [1.29, 1.82) is 0 Å². The number of rotatable bonds is 4. The average Bonchev–Trinajstić information content (AvgIpc) is 3.21. The number of Topliss-reactive ketones (excluding diaryl/α,β-unsaturated/α-hetero) is 1. The molecule has 0 radical (unpaired) electrons. The van der Waals surface area contributed by atoms with Crippen LogP contribution < -0.4 is 14.8 Å². The predicted molar refractivity (Wildman–Crippen MR) is 103 cm³/mol. The Bertz CT molecular complexity index is 916. The van der Waals surface area contributed by atoms with Gasteiger partial charge in [-0.15, -0.1) is 11.3 Å². The molecule has 1 N–H and O–H groups in total. The van der Waals surface area contributed by atoms with E-state index in [1.807, 2.05) is 35.7 Å². The standard InChI is InChI=1S/C21H21NO4S/c1-25-17-6-5-12(10-18(17)26-2)13-8-15-21(16(23)9-13)14(11-20(24)22-15)19-4-3-7-27-19/h3-7,10,13-14H,8-9,11H2,1-2H3,(H,22,24)/t13-,14+/m1/s1. The molecule has 2 aliphatic rings. The number of amides is 1. The van der Waals surface area contributed by atoms with Crippen LogP contribution in [0, 0.1) is 0 Å². The van der Waals surface area contributed by atoms with E-state index in [9.17, 15) is 9.59 Å². The van der Waals surface area contributed by atoms with Crippen LogP contribution in [-0.4, -0.2) is 25.9 Å². The lowest BCUT2D eigenvalue weighted by molar-refractivity contribution is -0.122. The normalized spacial score (nSPS) is 22.3. The topological polar surface area (TPSA) is 64.6 Å². The summed E-state index contributed by atoms with van der Waals surface area (Å²) in [5.74, 6) is 1.30. The molecule has 1 aliphatic carbocycles. The first-order valence-corrected chi connectivity index (χ1v) is 9.80. The highest BCUT2D eigenvalue weighted by molar-refractivity contribution is 7.10. The van der Waals surface area contributed by atoms with Gasteiger partial charge in [0.15, 0.2) is 17.3 Å². The van der Waals surface area contributed by atoms with Crippen LogP contribution in [-0.2, 0) is 9.59 Å². The Morgan fingerprint density at radius 2 is 1.85 bits per heavy atom. The SMILES string of the molecule is COc1ccc([C@H]2CC(=O)C3=C(C2)NC(=O)C[C@H]3c2cccs2)cc1OC. The van der Waals surface area contributed by atoms with Crippen molar-refractivity contribution in [3.05, 3.63) is 57.4 Å². The lowest BCUT2D eigenvalue weighted by atomic mass is 9.75. The van der Waals surface area contributed by atoms with Crippen molar-refractivity contribution < 1.29 is 19.1 Å². The fourth-order valence-electron chi connectivity index (χ4n) is 4.04. The molecule has 0 saturated heterocycles. The maximum atomic E-state index is 13.0. The van der Waals surface area contributed by atoms with Crippen LogP contribution in [0.15, 0.2) is 47.0 Å². The number of nitrogens with one attached hydrogen (secondary N) is 1. The van der Waals surface area contributed by atoms with Gasteiger partial charge in [-0.3, -0.25) is 9.59 Å². The molecule has 6 heteroatoms. The van der Waals surface area contributed by atoms with Gasteiger partial charge < -0.3 is 14.8 Å². The number of hydrogen-bond donors (Lipinski definition) is 1. The van der Waals surface area contributed by atoms with E-state index in [0.717, 1.165) is 21.7 Å². The molecular formula is C21H21NO4S. The van der Waals surface area contributed by atoms with E-state index < -0.39 is 0 Å². The molecule has 4 rings (SSSR count). The van der Waals surface area contributed by atoms with Gasteiger partial charge in [0.05, 0.1) is 14.2 Å². The Kier molecular flexibility index (Phi) is 4.74. The van der Waals surface area contributed by atoms with E-state index in [4.69, 9.17) is 9.47 Å². The van der Waals surface area contributed by atoms with Gasteiger partial charge in [0.1, 0.15) is 0 Å². The molecule has 27 heavy (non-hydrogen) atoms. The number of carbonyl (C=O) groups excluding carboxylic acids is 2. The zero-order valence-electron chi connectivity index (χ0n) is 15.3. The van der Waals surface area contributed by atoms with Crippen molar-refractivity contribution in [2.24, 2.45) is 0 Å². The van der Waals surface area contributed by atoms with E-state index in [0.29, 0.717) is 30.8 Å². The molecule has 0 spiro atoms. The summed E-state index contributed by atoms with van der Waals surface area (Å²) in [7, 11) is 3.20. The summed E-state index contributed by atoms with van der Waals surface area (Å²) in [5.41, 5.74) is 2.58. The molecule has 2 aromatic rings. The van der Waals surface area contributed by atoms with Gasteiger partial charge in [-0.1, -0.05) is 12.1 Å². The number of thiophene rings is 1. The maximum Gasteiger partial charge on any atom is 0.225 e. The van der Waals surface area contributed by atoms with Crippen molar-refractivity contribution in [2.45, 2.75) is 31.1 Å². The van der Waals surface area contributed by atoms with Crippen LogP contribution in [0.5, 0.6) is 11.5 Å². The smallest absolute Gasteiger partial charge is 0.225 e. The zero-order chi connectivity index (χ0) is 19.0. The Labute approximate surface area is 162 Å². The van der Waals surface area contributed by atoms with Crippen LogP contribution in [0.25, 0.3) is 0 Å². The predicted octanol–water partition coefficient (Wildman–Crippen LogP) is 3.77. The molecule has 1 aliphatic heterocycles. The van der Waals surface area contributed by atoms with Crippen LogP contribution in [0.3, 0.4) is 0 Å². The second-order valence-corrected chi connectivity index (χ2v) is 7.83. The van der Waals surface area contributed by atoms with Crippen molar-refractivity contribution in [3.8, 4) is 11.5 Å². The minimum Gasteiger partial charge on any atom is -0.493 e. The number of carbonyl (C=O) groups is 2. The third-order valence-electron chi connectivity index (χ3n) is 5.30. The summed E-state index contributed by atoms with van der Waals surface area (Å²) >= 11 is 1.60. The van der Waals surface area contributed by atoms with E-state index in [-0.39, 0.29) is 23.5 Å². The van der Waals surface area contributed by atoms with Crippen molar-refractivity contribution >= 4 is 23.0 Å². The first-order valence-electron chi connectivity index (χ1n) is 8.92. The molecule has 0 saturated carbocycles. The summed E-state index contributed by atoms with van der Waals surface area (Å²) in [6, 6.07) is 9.71. The van der Waals surface area contributed by atoms with Gasteiger partial charge in [0.25, 0.3) is 0 Å². The third-order valence-corrected chi connectivity index (χ3v) is 6.29. The van der Waals surface area contributed by atoms with Gasteiger partial charge in [-0.05, 0) is 41.5 Å². The fourth-order valence-corrected chi connectivity index (χ4v) is 4.87. The summed E-state index contributed by atoms with van der Waals surface area (Å²) in [4.78, 5) is 26.4. The lowest BCUT2D eigenvalue weighted by Gasteiger charge is -2.34. The van der Waals surface area contributed by atoms with Crippen LogP contribution in [0.4, 0.5) is 0 Å². The quantitative estimate of drug-likeness (QED) is 0.873. The van der Waals surface area contributed by atoms with Gasteiger partial charge in [-0.2, -0.15) is 0 Å². The van der Waals surface area contributed by atoms with Gasteiger partial charge in [-0.25, -0.2) is 0 Å². The zero-order valence-corrected chi connectivity index (χ0v) is 16.1. The van der Waals surface area contributed by atoms with Crippen LogP contribution >= 0.6 is 11.3 Å². The number of ketones is 1. The Morgan fingerprint density at radius 1 is 1.04 bits per heavy atom. The number of ether oxygens (including phenoxy) is 2. The highest BCUT2D eigenvalue weighted by Gasteiger charge is 2.38. The van der Waals surface area contributed by atoms with E-state index in [2.05, 4.69) is 5.32 Å². The number of allylic oxidation sites excluding steroid dienone is 2. The molecule has 0 bridgehead atoms. The van der Waals surface area contributed by atoms with E-state index >= 15 is 0 Å². The van der Waals surface area contributed by atoms with E-state index in [1.54, 1.807) is 25.6 Å². The summed E-state index contributed by atoms with van der Waals surface area (Å²) in [6.07, 6.45) is 1.42. The molecule has 2 heterocycles. The Morgan fingerprint density at radius 3 is 2.56 bits per heavy atom. The molecule has 0 unspecified atom stereocenters. The number of hydrogen-bond acceptors (Lipinski definition) is 5. The van der Waals surface area contributed by atoms with Gasteiger partial charge >= 0.3 is 0 Å². The molecule has 1 amide bonds. The molecule has 1 aromatic heterocycles. The Hall–Kier alpha value is -2.60. The van der Waals surface area contributed by atoms with Crippen LogP contribution in [0.1, 0.15) is 41.5 Å². The fraction of sp³-hybridized carbons (Fsp3) is 0.333. The summed E-state index contributed by atoms with van der Waals surface area (Å²) in [5, 5.41) is 4.95. The van der Waals surface area contributed by atoms with Gasteiger partial charge in [0.2, 0.25) is 5.91 Å². The van der Waals surface area contributed by atoms with E-state index in [1.165, 1.54) is 0 Å². The third kappa shape index (κ3) is 3.25. The first kappa shape index (κ1) is 17.8. The Balaban J connectivity index is 1.68. The molecule has 5 nitrogen and oxygen atoms in total. The first-order chi connectivity index (χ1) is 13.1. The number of methoxy groups -OCH3 is 2. The second-order valence-electron chi connectivity index (χ2n) is 6.86. The molecule has 140 valence electrons. The minimum absolute atomic E-state index is 0.0124. The highest BCUT2D eigenvalue weighted by atomic mass is 32.1. The van der Waals surface area contributed by atoms with Crippen molar-refractivity contribution in [3.63, 3.8) is 0 Å². The summed E-state index contributed by atoms with van der Waals surface area (Å²) < 4.78 is 10.7. The molecule has 0 fully saturated rings. The minimum atomic E-state index is -0.118. The number of benzene rings is 1. The molecular weight excluding hydrogens is 362 g/mol. The van der Waals surface area contributed by atoms with Gasteiger partial charge in [0, 0.05) is 34.9 Å². The largest absolute Gasteiger partial charge is 0.493 e. The van der Waals surface area contributed by atoms with Crippen molar-refractivity contribution in [1.82, 2.24) is 5.32 Å². The lowest BCUT2D eigenvalue weighted by Crippen LogP contribution is -2.37. The van der Waals surface area contributed by atoms with Crippen molar-refractivity contribution in [2.75, 3.05) is 14.2 Å². The van der Waals surface area contributed by atoms with Crippen LogP contribution in [0.2, 0.25) is 0 Å². The highest BCUT2D eigenvalue weighted by Crippen LogP contribution is 2.44.